The molecule has 5 heterocycles. The fourth-order valence-corrected chi connectivity index (χ4v) is 6.23. The first-order valence-electron chi connectivity index (χ1n) is 13.0. The molecule has 0 radical (unpaired) electrons. The molecule has 1 aromatic carbocycles. The molecule has 0 atom stereocenters. The van der Waals surface area contributed by atoms with E-state index in [1.165, 1.54) is 31.2 Å². The molecule has 184 valence electrons. The summed E-state index contributed by atoms with van der Waals surface area (Å²) in [4.78, 5) is 12.8. The molecule has 7 heteroatoms. The lowest BCUT2D eigenvalue weighted by molar-refractivity contribution is 0.489. The van der Waals surface area contributed by atoms with E-state index < -0.39 is 0 Å². The third kappa shape index (κ3) is 4.34. The van der Waals surface area contributed by atoms with Crippen LogP contribution in [0.25, 0.3) is 55.6 Å². The second-order valence-electron chi connectivity index (χ2n) is 10.0. The molecule has 0 amide bonds. The van der Waals surface area contributed by atoms with Gasteiger partial charge in [0.05, 0.1) is 16.9 Å². The Hall–Kier alpha value is -3.81. The van der Waals surface area contributed by atoms with Gasteiger partial charge in [0.2, 0.25) is 0 Å². The van der Waals surface area contributed by atoms with Crippen LogP contribution in [0.5, 0.6) is 0 Å². The maximum atomic E-state index is 4.68. The molecular formula is C30H28N6S. The maximum absolute atomic E-state index is 4.68. The lowest BCUT2D eigenvalue weighted by atomic mass is 10.0. The van der Waals surface area contributed by atoms with Gasteiger partial charge in [-0.25, -0.2) is 0 Å². The average molecular weight is 505 g/mol. The minimum Gasteiger partial charge on any atom is -0.353 e. The van der Waals surface area contributed by atoms with E-state index in [0.717, 1.165) is 74.6 Å². The Labute approximate surface area is 219 Å². The van der Waals surface area contributed by atoms with Gasteiger partial charge < -0.3 is 10.3 Å². The van der Waals surface area contributed by atoms with Crippen LogP contribution in [-0.4, -0.2) is 31.7 Å². The smallest absolute Gasteiger partial charge is 0.116 e. The summed E-state index contributed by atoms with van der Waals surface area (Å²) in [5.74, 6) is 0.833. The Balaban J connectivity index is 1.20. The van der Waals surface area contributed by atoms with Crippen LogP contribution < -0.4 is 5.32 Å². The van der Waals surface area contributed by atoms with Crippen LogP contribution in [0.3, 0.4) is 0 Å². The number of hydrogen-bond donors (Lipinski definition) is 3. The molecule has 5 aromatic heterocycles. The second-order valence-corrected chi connectivity index (χ2v) is 10.8. The fraction of sp³-hybridized carbons (Fsp3) is 0.233. The first-order chi connectivity index (χ1) is 18.3. The molecule has 0 spiro atoms. The Morgan fingerprint density at radius 3 is 2.70 bits per heavy atom. The van der Waals surface area contributed by atoms with Crippen molar-refractivity contribution in [3.63, 3.8) is 0 Å². The number of benzene rings is 1. The molecule has 37 heavy (non-hydrogen) atoms. The van der Waals surface area contributed by atoms with Gasteiger partial charge in [-0.2, -0.15) is 16.4 Å². The predicted molar refractivity (Wildman–Crippen MR) is 151 cm³/mol. The Morgan fingerprint density at radius 1 is 0.892 bits per heavy atom. The van der Waals surface area contributed by atoms with Gasteiger partial charge >= 0.3 is 0 Å². The monoisotopic (exact) mass is 504 g/mol. The number of aromatic amines is 2. The third-order valence-electron chi connectivity index (χ3n) is 7.53. The Kier molecular flexibility index (Phi) is 5.79. The summed E-state index contributed by atoms with van der Waals surface area (Å²) in [6.07, 6.45) is 11.3. The molecule has 6 aromatic rings. The summed E-state index contributed by atoms with van der Waals surface area (Å²) in [5.41, 5.74) is 9.56. The van der Waals surface area contributed by atoms with Crippen LogP contribution in [0.4, 0.5) is 0 Å². The van der Waals surface area contributed by atoms with Gasteiger partial charge in [0.15, 0.2) is 0 Å². The van der Waals surface area contributed by atoms with Crippen molar-refractivity contribution in [3.05, 3.63) is 77.4 Å². The van der Waals surface area contributed by atoms with Crippen LogP contribution in [0.1, 0.15) is 31.2 Å². The minimum absolute atomic E-state index is 0.833. The molecule has 0 saturated heterocycles. The molecule has 0 aliphatic heterocycles. The average Bonchev–Trinajstić information content (AvgIpc) is 3.74. The van der Waals surface area contributed by atoms with E-state index in [1.807, 2.05) is 24.7 Å². The van der Waals surface area contributed by atoms with Crippen molar-refractivity contribution in [2.24, 2.45) is 5.92 Å². The van der Waals surface area contributed by atoms with Crippen LogP contribution >= 0.6 is 11.3 Å². The van der Waals surface area contributed by atoms with Crippen LogP contribution in [0.2, 0.25) is 0 Å². The predicted octanol–water partition coefficient (Wildman–Crippen LogP) is 7.18. The van der Waals surface area contributed by atoms with E-state index >= 15 is 0 Å². The number of nitrogens with one attached hydrogen (secondary N) is 3. The van der Waals surface area contributed by atoms with E-state index in [0.29, 0.717) is 0 Å². The van der Waals surface area contributed by atoms with Crippen molar-refractivity contribution in [1.29, 1.82) is 0 Å². The highest BCUT2D eigenvalue weighted by atomic mass is 32.1. The van der Waals surface area contributed by atoms with E-state index in [-0.39, 0.29) is 0 Å². The quantitative estimate of drug-likeness (QED) is 0.215. The van der Waals surface area contributed by atoms with Crippen molar-refractivity contribution in [2.75, 3.05) is 6.54 Å². The highest BCUT2D eigenvalue weighted by molar-refractivity contribution is 7.08. The molecule has 0 unspecified atom stereocenters. The molecule has 7 rings (SSSR count). The topological polar surface area (TPSA) is 82.3 Å². The highest BCUT2D eigenvalue weighted by Crippen LogP contribution is 2.35. The summed E-state index contributed by atoms with van der Waals surface area (Å²) in [6, 6.07) is 15.0. The number of H-pyrrole nitrogens is 2. The van der Waals surface area contributed by atoms with Crippen LogP contribution in [0, 0.1) is 5.92 Å². The van der Waals surface area contributed by atoms with Crippen molar-refractivity contribution >= 4 is 33.1 Å². The normalized spacial score (nSPS) is 14.3. The van der Waals surface area contributed by atoms with Gasteiger partial charge in [0, 0.05) is 57.9 Å². The van der Waals surface area contributed by atoms with E-state index in [1.54, 1.807) is 11.3 Å². The number of hydrogen-bond acceptors (Lipinski definition) is 5. The summed E-state index contributed by atoms with van der Waals surface area (Å²) in [5, 5.41) is 17.9. The molecular weight excluding hydrogens is 476 g/mol. The van der Waals surface area contributed by atoms with E-state index in [4.69, 9.17) is 0 Å². The zero-order chi connectivity index (χ0) is 24.6. The molecule has 0 bridgehead atoms. The highest BCUT2D eigenvalue weighted by Gasteiger charge is 2.16. The second kappa shape index (κ2) is 9.57. The van der Waals surface area contributed by atoms with Crippen molar-refractivity contribution in [3.8, 4) is 33.8 Å². The molecule has 1 fully saturated rings. The lowest BCUT2D eigenvalue weighted by Gasteiger charge is -2.11. The van der Waals surface area contributed by atoms with E-state index in [9.17, 15) is 0 Å². The fourth-order valence-electron chi connectivity index (χ4n) is 5.59. The zero-order valence-electron chi connectivity index (χ0n) is 20.5. The molecule has 6 nitrogen and oxygen atoms in total. The molecule has 1 aliphatic carbocycles. The maximum Gasteiger partial charge on any atom is 0.116 e. The number of thiophene rings is 1. The number of fused-ring (bicyclic) bond motifs is 2. The van der Waals surface area contributed by atoms with E-state index in [2.05, 4.69) is 77.6 Å². The Bertz CT molecular complexity index is 1670. The van der Waals surface area contributed by atoms with Crippen molar-refractivity contribution < 1.29 is 0 Å². The Morgan fingerprint density at radius 2 is 1.81 bits per heavy atom. The molecule has 3 N–H and O–H groups in total. The molecule has 1 saturated carbocycles. The molecule has 1 aliphatic rings. The summed E-state index contributed by atoms with van der Waals surface area (Å²) in [7, 11) is 0. The van der Waals surface area contributed by atoms with Crippen molar-refractivity contribution in [2.45, 2.75) is 32.2 Å². The summed E-state index contributed by atoms with van der Waals surface area (Å²) < 4.78 is 0. The van der Waals surface area contributed by atoms with Gasteiger partial charge in [-0.3, -0.25) is 15.1 Å². The first kappa shape index (κ1) is 22.4. The number of nitrogens with zero attached hydrogens (tertiary/aromatic N) is 3. The standard InChI is InChI=1S/C30H28N6S/c1-2-4-19(3-1)14-31-15-20-11-23(17-32-16-20)21-5-6-27-24(12-21)30(36-35-27)28-13-25-26(34-28)7-9-33-29(25)22-8-10-37-18-22/h5-13,16-19,31,34H,1-4,14-15H2,(H,35,36). The summed E-state index contributed by atoms with van der Waals surface area (Å²) >= 11 is 1.68. The van der Waals surface area contributed by atoms with Gasteiger partial charge in [0.25, 0.3) is 0 Å². The van der Waals surface area contributed by atoms with Crippen LogP contribution in [0.15, 0.2) is 71.8 Å². The largest absolute Gasteiger partial charge is 0.353 e. The zero-order valence-corrected chi connectivity index (χ0v) is 21.3. The number of pyridine rings is 2. The third-order valence-corrected chi connectivity index (χ3v) is 8.21. The number of aromatic nitrogens is 5. The van der Waals surface area contributed by atoms with Crippen LogP contribution in [-0.2, 0) is 6.54 Å². The summed E-state index contributed by atoms with van der Waals surface area (Å²) in [6.45, 7) is 1.95. The minimum atomic E-state index is 0.833. The SMILES string of the molecule is c1cc2[nH]c(-c3n[nH]c4ccc(-c5cncc(CNCC6CCCC6)c5)cc34)cc2c(-c2ccsc2)n1. The number of rotatable bonds is 7. The van der Waals surface area contributed by atoms with Crippen molar-refractivity contribution in [1.82, 2.24) is 30.5 Å². The van der Waals surface area contributed by atoms with Gasteiger partial charge in [0.1, 0.15) is 5.69 Å². The van der Waals surface area contributed by atoms with Gasteiger partial charge in [-0.05, 0) is 78.2 Å². The lowest BCUT2D eigenvalue weighted by Crippen LogP contribution is -2.20. The van der Waals surface area contributed by atoms with Gasteiger partial charge in [-0.15, -0.1) is 0 Å². The first-order valence-corrected chi connectivity index (χ1v) is 13.9. The van der Waals surface area contributed by atoms with Gasteiger partial charge in [-0.1, -0.05) is 18.9 Å².